The lowest BCUT2D eigenvalue weighted by Gasteiger charge is -2.13. The number of nitrogens with one attached hydrogen (secondary N) is 3. The van der Waals surface area contributed by atoms with Crippen LogP contribution in [0.1, 0.15) is 28.4 Å². The van der Waals surface area contributed by atoms with E-state index in [2.05, 4.69) is 51.8 Å². The number of para-hydroxylation sites is 1. The highest BCUT2D eigenvalue weighted by atomic mass is 35.5. The number of nitrogens with zero attached hydrogens (tertiary/aromatic N) is 1. The van der Waals surface area contributed by atoms with E-state index in [1.54, 1.807) is 24.3 Å². The fourth-order valence-electron chi connectivity index (χ4n) is 3.55. The van der Waals surface area contributed by atoms with E-state index in [1.807, 2.05) is 30.5 Å². The molecular weight excluding hydrogens is 420 g/mol. The number of amides is 1. The van der Waals surface area contributed by atoms with E-state index in [4.69, 9.17) is 11.6 Å². The molecule has 0 spiro atoms. The van der Waals surface area contributed by atoms with Gasteiger partial charge in [0.15, 0.2) is 0 Å². The van der Waals surface area contributed by atoms with Crippen LogP contribution >= 0.6 is 11.6 Å². The Morgan fingerprint density at radius 1 is 1.03 bits per heavy atom. The van der Waals surface area contributed by atoms with Gasteiger partial charge in [-0.25, -0.2) is 0 Å². The number of guanidine groups is 1. The maximum Gasteiger partial charge on any atom is 0.258 e. The van der Waals surface area contributed by atoms with Crippen LogP contribution in [-0.4, -0.2) is 23.4 Å². The number of aromatic nitrogens is 1. The van der Waals surface area contributed by atoms with Gasteiger partial charge in [0.1, 0.15) is 0 Å². The van der Waals surface area contributed by atoms with Gasteiger partial charge in [-0.3, -0.25) is 15.1 Å². The normalized spacial score (nSPS) is 11.5. The average Bonchev–Trinajstić information content (AvgIpc) is 3.22. The largest absolute Gasteiger partial charge is 0.361 e. The Hall–Kier alpha value is -3.57. The van der Waals surface area contributed by atoms with E-state index in [1.165, 1.54) is 16.5 Å². The number of aromatic amines is 1. The number of hydrogen-bond acceptors (Lipinski definition) is 2. The van der Waals surface area contributed by atoms with Crippen LogP contribution in [0.2, 0.25) is 5.02 Å². The summed E-state index contributed by atoms with van der Waals surface area (Å²) in [5, 5.41) is 7.86. The molecule has 0 saturated carbocycles. The number of fused-ring (bicyclic) bond motifs is 1. The van der Waals surface area contributed by atoms with Crippen molar-refractivity contribution in [2.45, 2.75) is 19.8 Å². The van der Waals surface area contributed by atoms with Crippen molar-refractivity contribution >= 4 is 40.1 Å². The molecular formula is C26H25ClN4O. The van der Waals surface area contributed by atoms with Crippen LogP contribution in [0.4, 0.5) is 5.69 Å². The molecule has 162 valence electrons. The van der Waals surface area contributed by atoms with E-state index in [9.17, 15) is 4.79 Å². The van der Waals surface area contributed by atoms with Gasteiger partial charge in [0.2, 0.25) is 5.96 Å². The highest BCUT2D eigenvalue weighted by Crippen LogP contribution is 2.18. The summed E-state index contributed by atoms with van der Waals surface area (Å²) in [4.78, 5) is 20.8. The molecule has 0 unspecified atom stereocenters. The summed E-state index contributed by atoms with van der Waals surface area (Å²) in [7, 11) is 0. The second-order valence-corrected chi connectivity index (χ2v) is 7.92. The fraction of sp³-hybridized carbons (Fsp3) is 0.154. The molecule has 1 heterocycles. The summed E-state index contributed by atoms with van der Waals surface area (Å²) in [5.74, 6) is 0.139. The summed E-state index contributed by atoms with van der Waals surface area (Å²) < 4.78 is 0. The fourth-order valence-corrected chi connectivity index (χ4v) is 3.74. The number of rotatable bonds is 6. The average molecular weight is 445 g/mol. The van der Waals surface area contributed by atoms with Crippen LogP contribution in [0.5, 0.6) is 0 Å². The predicted molar refractivity (Wildman–Crippen MR) is 133 cm³/mol. The van der Waals surface area contributed by atoms with E-state index >= 15 is 0 Å². The quantitative estimate of drug-likeness (QED) is 0.259. The molecule has 1 aromatic heterocycles. The van der Waals surface area contributed by atoms with E-state index in [-0.39, 0.29) is 5.91 Å². The van der Waals surface area contributed by atoms with Gasteiger partial charge >= 0.3 is 0 Å². The molecule has 0 saturated heterocycles. The molecule has 3 aromatic carbocycles. The number of halogens is 1. The molecule has 0 fully saturated rings. The molecule has 0 radical (unpaired) electrons. The van der Waals surface area contributed by atoms with Crippen LogP contribution in [0.25, 0.3) is 10.9 Å². The Morgan fingerprint density at radius 2 is 1.88 bits per heavy atom. The van der Waals surface area contributed by atoms with Gasteiger partial charge in [-0.05, 0) is 60.4 Å². The monoisotopic (exact) mass is 444 g/mol. The van der Waals surface area contributed by atoms with Crippen LogP contribution in [-0.2, 0) is 12.8 Å². The number of aryl methyl sites for hydroxylation is 1. The minimum absolute atomic E-state index is 0.266. The molecule has 4 rings (SSSR count). The molecule has 0 aliphatic rings. The Balaban J connectivity index is 1.53. The zero-order valence-electron chi connectivity index (χ0n) is 17.9. The number of benzene rings is 3. The van der Waals surface area contributed by atoms with Gasteiger partial charge in [-0.2, -0.15) is 0 Å². The Morgan fingerprint density at radius 3 is 2.72 bits per heavy atom. The molecule has 5 nitrogen and oxygen atoms in total. The van der Waals surface area contributed by atoms with Crippen molar-refractivity contribution in [2.24, 2.45) is 4.99 Å². The maximum absolute atomic E-state index is 12.8. The summed E-state index contributed by atoms with van der Waals surface area (Å²) >= 11 is 6.05. The third-order valence-electron chi connectivity index (χ3n) is 5.24. The zero-order valence-corrected chi connectivity index (χ0v) is 18.6. The van der Waals surface area contributed by atoms with Gasteiger partial charge < -0.3 is 10.3 Å². The van der Waals surface area contributed by atoms with Crippen molar-refractivity contribution in [3.8, 4) is 0 Å². The van der Waals surface area contributed by atoms with Gasteiger partial charge in [0.05, 0.1) is 0 Å². The first kappa shape index (κ1) is 21.7. The second kappa shape index (κ2) is 10.2. The van der Waals surface area contributed by atoms with Crippen molar-refractivity contribution in [1.82, 2.24) is 10.3 Å². The van der Waals surface area contributed by atoms with Crippen molar-refractivity contribution < 1.29 is 4.79 Å². The first-order chi connectivity index (χ1) is 15.6. The maximum atomic E-state index is 12.8. The number of carbonyl (C=O) groups is 1. The summed E-state index contributed by atoms with van der Waals surface area (Å²) in [6.45, 7) is 2.63. The second-order valence-electron chi connectivity index (χ2n) is 7.48. The standard InChI is InChI=1S/C26H25ClN4O/c1-2-18-7-5-10-22(15-18)30-26(31-25(32)19-8-6-9-21(27)16-19)28-14-13-20-17-29-24-12-4-3-11-23(20)24/h3-12,15-17,29H,2,13-14H2,1H3,(H2,28,30,31,32). The lowest BCUT2D eigenvalue weighted by Crippen LogP contribution is -2.36. The van der Waals surface area contributed by atoms with Crippen molar-refractivity contribution in [2.75, 3.05) is 11.9 Å². The molecule has 0 bridgehead atoms. The number of aliphatic imine (C=N–C) groups is 1. The van der Waals surface area contributed by atoms with E-state index in [0.717, 1.165) is 24.0 Å². The minimum atomic E-state index is -0.266. The van der Waals surface area contributed by atoms with Crippen molar-refractivity contribution in [3.05, 3.63) is 101 Å². The lowest BCUT2D eigenvalue weighted by molar-refractivity contribution is 0.0977. The molecule has 0 aliphatic heterocycles. The van der Waals surface area contributed by atoms with Gasteiger partial charge in [0, 0.05) is 39.9 Å². The number of carbonyl (C=O) groups excluding carboxylic acids is 1. The number of H-pyrrole nitrogens is 1. The van der Waals surface area contributed by atoms with Crippen LogP contribution < -0.4 is 10.6 Å². The predicted octanol–water partition coefficient (Wildman–Crippen LogP) is 5.82. The molecule has 0 atom stereocenters. The zero-order chi connectivity index (χ0) is 22.3. The molecule has 0 aliphatic carbocycles. The van der Waals surface area contributed by atoms with Gasteiger partial charge in [-0.15, -0.1) is 0 Å². The highest BCUT2D eigenvalue weighted by Gasteiger charge is 2.11. The summed E-state index contributed by atoms with van der Waals surface area (Å²) in [6.07, 6.45) is 3.69. The lowest BCUT2D eigenvalue weighted by atomic mass is 10.1. The van der Waals surface area contributed by atoms with E-state index in [0.29, 0.717) is 23.1 Å². The molecule has 6 heteroatoms. The minimum Gasteiger partial charge on any atom is -0.361 e. The van der Waals surface area contributed by atoms with Crippen molar-refractivity contribution in [3.63, 3.8) is 0 Å². The summed E-state index contributed by atoms with van der Waals surface area (Å²) in [6, 6.07) is 23.1. The highest BCUT2D eigenvalue weighted by molar-refractivity contribution is 6.31. The SMILES string of the molecule is CCc1cccc(NC(=NCCc2c[nH]c3ccccc23)NC(=O)c2cccc(Cl)c2)c1. The van der Waals surface area contributed by atoms with Gasteiger partial charge in [0.25, 0.3) is 5.91 Å². The Bertz CT molecular complexity index is 1260. The first-order valence-corrected chi connectivity index (χ1v) is 11.0. The number of hydrogen-bond donors (Lipinski definition) is 3. The van der Waals surface area contributed by atoms with E-state index < -0.39 is 0 Å². The summed E-state index contributed by atoms with van der Waals surface area (Å²) in [5.41, 5.74) is 4.86. The topological polar surface area (TPSA) is 69.3 Å². The first-order valence-electron chi connectivity index (χ1n) is 10.6. The molecule has 4 aromatic rings. The molecule has 1 amide bonds. The van der Waals surface area contributed by atoms with Crippen LogP contribution in [0, 0.1) is 0 Å². The smallest absolute Gasteiger partial charge is 0.258 e. The number of anilines is 1. The Labute approximate surface area is 192 Å². The third-order valence-corrected chi connectivity index (χ3v) is 5.48. The molecule has 3 N–H and O–H groups in total. The van der Waals surface area contributed by atoms with Crippen molar-refractivity contribution in [1.29, 1.82) is 0 Å². The molecule has 32 heavy (non-hydrogen) atoms. The van der Waals surface area contributed by atoms with Gasteiger partial charge in [-0.1, -0.05) is 54.9 Å². The van der Waals surface area contributed by atoms with Crippen LogP contribution in [0.15, 0.2) is 84.0 Å². The van der Waals surface area contributed by atoms with Crippen LogP contribution in [0.3, 0.4) is 0 Å². The third kappa shape index (κ3) is 5.37. The Kier molecular flexibility index (Phi) is 6.87.